The molecule has 186 valence electrons. The van der Waals surface area contributed by atoms with Gasteiger partial charge in [-0.1, -0.05) is 19.9 Å². The second-order valence-corrected chi connectivity index (χ2v) is 7.72. The number of alkyl halides is 2. The van der Waals surface area contributed by atoms with Crippen molar-refractivity contribution in [1.29, 1.82) is 0 Å². The van der Waals surface area contributed by atoms with Crippen molar-refractivity contribution in [3.05, 3.63) is 47.5 Å². The molecule has 0 aromatic heterocycles. The van der Waals surface area contributed by atoms with Crippen LogP contribution in [0.3, 0.4) is 0 Å². The third kappa shape index (κ3) is 8.42. The molecule has 0 atom stereocenters. The molecule has 0 radical (unpaired) electrons. The summed E-state index contributed by atoms with van der Waals surface area (Å²) >= 11 is 0. The molecule has 34 heavy (non-hydrogen) atoms. The van der Waals surface area contributed by atoms with Gasteiger partial charge in [-0.25, -0.2) is 0 Å². The molecule has 0 spiro atoms. The number of carbonyl (C=O) groups excluding carboxylic acids is 2. The maximum Gasteiger partial charge on any atom is 0.387 e. The number of nitrogens with one attached hydrogen (secondary N) is 2. The lowest BCUT2D eigenvalue weighted by atomic mass is 10.1. The monoisotopic (exact) mass is 480 g/mol. The maximum absolute atomic E-state index is 12.4. The predicted octanol–water partition coefficient (Wildman–Crippen LogP) is 3.78. The molecule has 2 amide bonds. The van der Waals surface area contributed by atoms with Crippen LogP contribution in [0.15, 0.2) is 36.4 Å². The summed E-state index contributed by atoms with van der Waals surface area (Å²) in [4.78, 5) is 24.5. The van der Waals surface area contributed by atoms with Crippen LogP contribution >= 0.6 is 0 Å². The van der Waals surface area contributed by atoms with Crippen molar-refractivity contribution in [3.63, 3.8) is 0 Å². The number of carbonyl (C=O) groups is 2. The summed E-state index contributed by atoms with van der Waals surface area (Å²) in [5.41, 5.74) is 0.927. The highest BCUT2D eigenvalue weighted by Crippen LogP contribution is 2.30. The topological polar surface area (TPSA) is 95.1 Å². The van der Waals surface area contributed by atoms with Crippen LogP contribution in [0.1, 0.15) is 36.2 Å². The lowest BCUT2D eigenvalue weighted by molar-refractivity contribution is -0.120. The van der Waals surface area contributed by atoms with Crippen LogP contribution in [0.5, 0.6) is 23.0 Å². The van der Waals surface area contributed by atoms with E-state index >= 15 is 0 Å². The third-order valence-electron chi connectivity index (χ3n) is 4.72. The Kier molecular flexibility index (Phi) is 10.4. The molecule has 2 aromatic rings. The first-order chi connectivity index (χ1) is 16.2. The summed E-state index contributed by atoms with van der Waals surface area (Å²) in [6.07, 6.45) is 0.924. The van der Waals surface area contributed by atoms with Crippen LogP contribution in [-0.4, -0.2) is 45.8 Å². The fourth-order valence-electron chi connectivity index (χ4n) is 2.87. The largest absolute Gasteiger partial charge is 0.493 e. The van der Waals surface area contributed by atoms with Crippen molar-refractivity contribution >= 4 is 11.8 Å². The fourth-order valence-corrected chi connectivity index (χ4v) is 2.87. The zero-order valence-corrected chi connectivity index (χ0v) is 19.7. The molecule has 2 rings (SSSR count). The van der Waals surface area contributed by atoms with Crippen LogP contribution in [0.2, 0.25) is 0 Å². The average molecular weight is 481 g/mol. The molecule has 2 aromatic carbocycles. The van der Waals surface area contributed by atoms with E-state index in [2.05, 4.69) is 29.2 Å². The van der Waals surface area contributed by atoms with Crippen molar-refractivity contribution in [2.24, 2.45) is 5.92 Å². The van der Waals surface area contributed by atoms with Gasteiger partial charge in [0, 0.05) is 12.1 Å². The van der Waals surface area contributed by atoms with E-state index in [9.17, 15) is 18.4 Å². The van der Waals surface area contributed by atoms with Gasteiger partial charge in [-0.05, 0) is 48.2 Å². The Balaban J connectivity index is 1.86. The number of benzene rings is 2. The third-order valence-corrected chi connectivity index (χ3v) is 4.72. The molecule has 2 N–H and O–H groups in total. The predicted molar refractivity (Wildman–Crippen MR) is 122 cm³/mol. The summed E-state index contributed by atoms with van der Waals surface area (Å²) in [5.74, 6) is 0.530. The molecule has 0 bridgehead atoms. The van der Waals surface area contributed by atoms with Gasteiger partial charge in [-0.3, -0.25) is 9.59 Å². The van der Waals surface area contributed by atoms with Gasteiger partial charge in [0.25, 0.3) is 5.91 Å². The molecule has 0 aliphatic heterocycles. The van der Waals surface area contributed by atoms with Crippen molar-refractivity contribution in [1.82, 2.24) is 10.6 Å². The summed E-state index contributed by atoms with van der Waals surface area (Å²) < 4.78 is 45.3. The van der Waals surface area contributed by atoms with Crippen molar-refractivity contribution < 1.29 is 37.3 Å². The zero-order valence-electron chi connectivity index (χ0n) is 19.7. The van der Waals surface area contributed by atoms with E-state index in [1.165, 1.54) is 25.3 Å². The number of hydrogen-bond donors (Lipinski definition) is 2. The first-order valence-electron chi connectivity index (χ1n) is 10.7. The standard InChI is InChI=1S/C24H30F2N2O6/c1-15(2)9-10-33-18-7-5-16(11-20(18)31-3)13-27-22(29)14-28-23(30)17-6-8-19(34-24(25)26)21(12-17)32-4/h5-8,11-12,15,24H,9-10,13-14H2,1-4H3,(H,27,29)(H,28,30). The molecule has 0 saturated heterocycles. The minimum absolute atomic E-state index is 0.0250. The number of rotatable bonds is 13. The Morgan fingerprint density at radius 3 is 2.24 bits per heavy atom. The Morgan fingerprint density at radius 1 is 0.912 bits per heavy atom. The van der Waals surface area contributed by atoms with E-state index in [1.807, 2.05) is 6.07 Å². The molecule has 0 unspecified atom stereocenters. The quantitative estimate of drug-likeness (QED) is 0.453. The van der Waals surface area contributed by atoms with E-state index < -0.39 is 18.4 Å². The number of halogens is 2. The van der Waals surface area contributed by atoms with E-state index in [0.717, 1.165) is 12.0 Å². The minimum Gasteiger partial charge on any atom is -0.493 e. The van der Waals surface area contributed by atoms with Crippen LogP contribution in [-0.2, 0) is 11.3 Å². The van der Waals surface area contributed by atoms with Gasteiger partial charge in [-0.15, -0.1) is 0 Å². The second kappa shape index (κ2) is 13.2. The summed E-state index contributed by atoms with van der Waals surface area (Å²) in [6.45, 7) is 1.75. The van der Waals surface area contributed by atoms with Gasteiger partial charge in [0.05, 0.1) is 27.4 Å². The molecule has 0 aliphatic carbocycles. The smallest absolute Gasteiger partial charge is 0.387 e. The first kappa shape index (κ1) is 26.7. The lowest BCUT2D eigenvalue weighted by Gasteiger charge is -2.14. The molecular formula is C24H30F2N2O6. The number of hydrogen-bond acceptors (Lipinski definition) is 6. The van der Waals surface area contributed by atoms with Gasteiger partial charge in [0.1, 0.15) is 0 Å². The second-order valence-electron chi connectivity index (χ2n) is 7.72. The van der Waals surface area contributed by atoms with E-state index in [0.29, 0.717) is 24.0 Å². The highest BCUT2D eigenvalue weighted by atomic mass is 19.3. The number of methoxy groups -OCH3 is 2. The summed E-state index contributed by atoms with van der Waals surface area (Å²) in [7, 11) is 2.81. The van der Waals surface area contributed by atoms with E-state index in [-0.39, 0.29) is 30.2 Å². The highest BCUT2D eigenvalue weighted by Gasteiger charge is 2.15. The van der Waals surface area contributed by atoms with Crippen LogP contribution < -0.4 is 29.6 Å². The maximum atomic E-state index is 12.4. The lowest BCUT2D eigenvalue weighted by Crippen LogP contribution is -2.36. The van der Waals surface area contributed by atoms with Crippen molar-refractivity contribution in [2.45, 2.75) is 33.4 Å². The van der Waals surface area contributed by atoms with Crippen LogP contribution in [0, 0.1) is 5.92 Å². The van der Waals surface area contributed by atoms with Crippen LogP contribution in [0.4, 0.5) is 8.78 Å². The Morgan fingerprint density at radius 2 is 1.59 bits per heavy atom. The SMILES string of the molecule is COc1cc(CNC(=O)CNC(=O)c2ccc(OC(F)F)c(OC)c2)ccc1OCCC(C)C. The molecular weight excluding hydrogens is 450 g/mol. The summed E-state index contributed by atoms with van der Waals surface area (Å²) in [6, 6.07) is 9.13. The van der Waals surface area contributed by atoms with E-state index in [1.54, 1.807) is 19.2 Å². The van der Waals surface area contributed by atoms with Gasteiger partial charge in [0.15, 0.2) is 23.0 Å². The van der Waals surface area contributed by atoms with Gasteiger partial charge < -0.3 is 29.6 Å². The highest BCUT2D eigenvalue weighted by molar-refractivity contribution is 5.97. The van der Waals surface area contributed by atoms with Gasteiger partial charge >= 0.3 is 6.61 Å². The minimum atomic E-state index is -3.02. The Labute approximate surface area is 197 Å². The van der Waals surface area contributed by atoms with Crippen molar-refractivity contribution in [2.75, 3.05) is 27.4 Å². The average Bonchev–Trinajstić information content (AvgIpc) is 2.81. The molecule has 0 fully saturated rings. The van der Waals surface area contributed by atoms with Gasteiger partial charge in [0.2, 0.25) is 5.91 Å². The fraction of sp³-hybridized carbons (Fsp3) is 0.417. The van der Waals surface area contributed by atoms with E-state index in [4.69, 9.17) is 14.2 Å². The van der Waals surface area contributed by atoms with Crippen LogP contribution in [0.25, 0.3) is 0 Å². The molecule has 0 aliphatic rings. The molecule has 0 heterocycles. The Bertz CT molecular complexity index is 968. The zero-order chi connectivity index (χ0) is 25.1. The molecule has 10 heteroatoms. The normalized spacial score (nSPS) is 10.7. The Hall–Kier alpha value is -3.56. The van der Waals surface area contributed by atoms with Gasteiger partial charge in [-0.2, -0.15) is 8.78 Å². The van der Waals surface area contributed by atoms with Crippen molar-refractivity contribution in [3.8, 4) is 23.0 Å². The number of ether oxygens (including phenoxy) is 4. The molecule has 0 saturated carbocycles. The molecule has 8 nitrogen and oxygen atoms in total. The first-order valence-corrected chi connectivity index (χ1v) is 10.7. The summed E-state index contributed by atoms with van der Waals surface area (Å²) in [5, 5.41) is 5.18. The number of amides is 2.